The molecule has 2 unspecified atom stereocenters. The van der Waals surface area contributed by atoms with Crippen LogP contribution in [0.25, 0.3) is 291 Å². The van der Waals surface area contributed by atoms with Crippen LogP contribution in [0, 0.1) is 0 Å². The molecule has 0 fully saturated rings. The lowest BCUT2D eigenvalue weighted by molar-refractivity contribution is 0.562. The second-order valence-corrected chi connectivity index (χ2v) is 36.7. The fourth-order valence-corrected chi connectivity index (χ4v) is 29.6. The number of allylic oxidation sites excluding steroid dienone is 2. The molecule has 0 bridgehead atoms. The molecule has 0 aliphatic heterocycles. The van der Waals surface area contributed by atoms with Crippen LogP contribution in [-0.2, 0) is 5.41 Å². The Morgan fingerprint density at radius 1 is 0.278 bits per heavy atom. The Morgan fingerprint density at radius 3 is 0.922 bits per heavy atom. The van der Waals surface area contributed by atoms with Gasteiger partial charge < -0.3 is 0 Å². The van der Waals surface area contributed by atoms with Crippen molar-refractivity contribution in [3.05, 3.63) is 143 Å². The average Bonchev–Trinajstić information content (AvgIpc) is 2.39. The fraction of sp³-hybridized carbons (Fsp3) is 0.124. The van der Waals surface area contributed by atoms with Gasteiger partial charge in [0.25, 0.3) is 0 Å². The van der Waals surface area contributed by atoms with Crippen LogP contribution < -0.4 is 10.4 Å². The molecule has 4 aliphatic carbocycles. The molecule has 1 heteroatoms. The zero-order valence-electron chi connectivity index (χ0n) is 49.4. The van der Waals surface area contributed by atoms with Gasteiger partial charge >= 0.3 is 0 Å². The topological polar surface area (TPSA) is 0 Å². The number of hydrogen-bond acceptors (Lipinski definition) is 0. The zero-order valence-corrected chi connectivity index (χ0v) is 50.4. The van der Waals surface area contributed by atoms with Gasteiger partial charge in [-0.2, -0.15) is 0 Å². The van der Waals surface area contributed by atoms with E-state index < -0.39 is 8.07 Å². The second-order valence-electron chi connectivity index (χ2n) is 31.5. The van der Waals surface area contributed by atoms with Gasteiger partial charge in [0.15, 0.2) is 0 Å². The molecule has 28 aromatic rings. The van der Waals surface area contributed by atoms with Crippen molar-refractivity contribution in [3.8, 4) is 0 Å². The highest BCUT2D eigenvalue weighted by Gasteiger charge is 2.59. The molecule has 0 heterocycles. The summed E-state index contributed by atoms with van der Waals surface area (Å²) in [6.45, 7) is 7.87. The summed E-state index contributed by atoms with van der Waals surface area (Å²) < 4.78 is 0. The molecule has 0 amide bonds. The minimum Gasteiger partial charge on any atom is -0.0693 e. The van der Waals surface area contributed by atoms with Gasteiger partial charge in [-0.15, -0.1) is 0 Å². The van der Waals surface area contributed by atoms with E-state index in [1.54, 1.807) is 173 Å². The van der Waals surface area contributed by atoms with Gasteiger partial charge in [0.05, 0.1) is 0 Å². The molecule has 90 heavy (non-hydrogen) atoms. The van der Waals surface area contributed by atoms with Crippen molar-refractivity contribution < 1.29 is 0 Å². The first-order chi connectivity index (χ1) is 44.5. The van der Waals surface area contributed by atoms with Crippen LogP contribution in [0.4, 0.5) is 0 Å². The third kappa shape index (κ3) is 3.23. The van der Waals surface area contributed by atoms with E-state index in [1.807, 2.05) is 0 Å². The highest BCUT2D eigenvalue weighted by atomic mass is 28.3. The van der Waals surface area contributed by atoms with Crippen molar-refractivity contribution in [1.29, 1.82) is 0 Å². The van der Waals surface area contributed by atoms with Gasteiger partial charge in [0.2, 0.25) is 0 Å². The molecule has 28 aromatic carbocycles. The van der Waals surface area contributed by atoms with Crippen molar-refractivity contribution in [2.75, 3.05) is 0 Å². The van der Waals surface area contributed by atoms with E-state index in [9.17, 15) is 0 Å². The lowest BCUT2D eigenvalue weighted by atomic mass is 9.58. The molecule has 0 N–H and O–H groups in total. The van der Waals surface area contributed by atoms with Crippen molar-refractivity contribution >= 4 is 299 Å². The van der Waals surface area contributed by atoms with Gasteiger partial charge in [-0.05, 0) is 319 Å². The lowest BCUT2D eigenvalue weighted by Crippen LogP contribution is -2.44. The maximum absolute atomic E-state index is 2.76. The summed E-state index contributed by atoms with van der Waals surface area (Å²) in [5.74, 6) is 0.418. The largest absolute Gasteiger partial charge is 0.0693 e. The smallest absolute Gasteiger partial charge is 0.0486 e. The number of benzene rings is 18. The number of rotatable bonds is 7. The van der Waals surface area contributed by atoms with Crippen LogP contribution in [0.1, 0.15) is 49.7 Å². The molecule has 402 valence electrons. The van der Waals surface area contributed by atoms with E-state index in [0.29, 0.717) is 5.92 Å². The minimum absolute atomic E-state index is 0.0196. The summed E-state index contributed by atoms with van der Waals surface area (Å²) in [5, 5.41) is 83.3. The lowest BCUT2D eigenvalue weighted by Gasteiger charge is -2.49. The predicted molar refractivity (Wildman–Crippen MR) is 394 cm³/mol. The molecular formula is C89H42Si. The quantitative estimate of drug-likeness (QED) is 0.0848. The Kier molecular flexibility index (Phi) is 5.26. The molecule has 0 nitrogen and oxygen atoms in total. The Hall–Kier alpha value is -9.92. The van der Waals surface area contributed by atoms with Gasteiger partial charge in [-0.3, -0.25) is 0 Å². The van der Waals surface area contributed by atoms with E-state index in [-0.39, 0.29) is 5.41 Å². The van der Waals surface area contributed by atoms with Gasteiger partial charge in [0.1, 0.15) is 0 Å². The summed E-state index contributed by atoms with van der Waals surface area (Å²) in [5.41, 5.74) is 6.80. The van der Waals surface area contributed by atoms with E-state index in [1.165, 1.54) is 178 Å². The fourth-order valence-electron chi connectivity index (χ4n) is 26.2. The Labute approximate surface area is 508 Å². The maximum atomic E-state index is 2.76. The normalized spacial score (nSPS) is 18.7. The van der Waals surface area contributed by atoms with Crippen molar-refractivity contribution in [2.24, 2.45) is 0 Å². The van der Waals surface area contributed by atoms with E-state index in [0.717, 1.165) is 0 Å². The zero-order chi connectivity index (χ0) is 56.4. The first-order valence-electron chi connectivity index (χ1n) is 34.0. The van der Waals surface area contributed by atoms with Crippen molar-refractivity contribution in [1.82, 2.24) is 0 Å². The summed E-state index contributed by atoms with van der Waals surface area (Å²) in [7, 11) is -1.63. The SMILES string of the molecule is CCCCCC[Si](C)(C)CC12C3=c4ccc5c6ccc7c8ccc9c%10ccc%11c%12c(c%13c%14c1c4c5c1c6c7c4c8c9c(c%12%10)c%13c4c%141)C2C=%11C=C3.c1cc2c3ccc4c5ccc6c7ccc8c9ccc%10c1c1c2c2c3c4c3c5c6c4c7c8c5c9c%10c1c1c2c3c4c51. The summed E-state index contributed by atoms with van der Waals surface area (Å²) in [4.78, 5) is 0. The van der Waals surface area contributed by atoms with Gasteiger partial charge in [-0.1, -0.05) is 173 Å². The third-order valence-electron chi connectivity index (χ3n) is 28.2. The highest BCUT2D eigenvalue weighted by Crippen LogP contribution is 2.74. The third-order valence-corrected chi connectivity index (χ3v) is 31.4. The highest BCUT2D eigenvalue weighted by molar-refractivity contribution is 6.78. The van der Waals surface area contributed by atoms with Crippen LogP contribution in [0.2, 0.25) is 25.2 Å². The van der Waals surface area contributed by atoms with Crippen molar-refractivity contribution in [3.63, 3.8) is 0 Å². The van der Waals surface area contributed by atoms with Crippen LogP contribution in [0.15, 0.2) is 121 Å². The van der Waals surface area contributed by atoms with Crippen LogP contribution in [0.3, 0.4) is 0 Å². The van der Waals surface area contributed by atoms with Gasteiger partial charge in [0, 0.05) is 19.4 Å². The predicted octanol–water partition coefficient (Wildman–Crippen LogP) is 24.1. The molecule has 0 saturated heterocycles. The van der Waals surface area contributed by atoms with Crippen LogP contribution in [-0.4, -0.2) is 8.07 Å². The molecule has 0 spiro atoms. The number of unbranched alkanes of at least 4 members (excludes halogenated alkanes) is 3. The molecule has 32 rings (SSSR count). The Balaban J connectivity index is 0.000000102. The van der Waals surface area contributed by atoms with E-state index in [2.05, 4.69) is 141 Å². The second kappa shape index (κ2) is 11.5. The molecule has 4 aliphatic rings. The molecular weight excluding hydrogens is 1100 g/mol. The van der Waals surface area contributed by atoms with E-state index in [4.69, 9.17) is 0 Å². The first-order valence-corrected chi connectivity index (χ1v) is 37.4. The first kappa shape index (κ1) is 41.3. The van der Waals surface area contributed by atoms with E-state index >= 15 is 0 Å². The summed E-state index contributed by atoms with van der Waals surface area (Å²) >= 11 is 0. The molecule has 2 atom stereocenters. The van der Waals surface area contributed by atoms with Crippen LogP contribution >= 0.6 is 0 Å². The molecule has 0 radical (unpaired) electrons. The Bertz CT molecular complexity index is 7600. The molecule has 0 aromatic heterocycles. The molecule has 0 saturated carbocycles. The average molecular weight is 1140 g/mol. The minimum atomic E-state index is -1.63. The Morgan fingerprint density at radius 2 is 0.567 bits per heavy atom. The van der Waals surface area contributed by atoms with Crippen molar-refractivity contribution in [2.45, 2.75) is 69.1 Å². The van der Waals surface area contributed by atoms with Gasteiger partial charge in [-0.25, -0.2) is 0 Å². The van der Waals surface area contributed by atoms with Crippen LogP contribution in [0.5, 0.6) is 0 Å². The maximum Gasteiger partial charge on any atom is 0.0486 e. The standard InChI is InChI=1S/C49H32Si.C40H10/c1-4-5-6-7-18-50(2,3)19-49-29-17-16-27-26-13-12-23-22-9-8-20-21-10-11-24-25-14-15-28(29)37-36(25)40-33(24)32(21)38-30(20)31(22)39-34(23)35(26)45(47(27)49)44-42(39)41(38)43(40)46(44)48(37)49;1-2-12-14-5-6-16-18-9-10-20-19-8-7-17-15-4-3-13-11(1)21-22(12)32-24(14)26(16)34-29(18)30(20)35-28(19)27(17)33-25(15)23(13)31(21)36-37(32)39(34)40(35)38(33)36/h8-17,47H,4-7,18-19H2,1-3H3;1-10H. The number of hydrogen-bond donors (Lipinski definition) is 0. The summed E-state index contributed by atoms with van der Waals surface area (Å²) in [6.07, 6.45) is 10.7. The number of fused-ring (bicyclic) bond motifs is 8. The monoisotopic (exact) mass is 1140 g/mol. The summed E-state index contributed by atoms with van der Waals surface area (Å²) in [6, 6.07) is 47.5.